The van der Waals surface area contributed by atoms with E-state index in [9.17, 15) is 4.79 Å². The molecule has 0 atom stereocenters. The molecule has 16 heavy (non-hydrogen) atoms. The second-order valence-electron chi connectivity index (χ2n) is 2.97. The first kappa shape index (κ1) is 10.4. The van der Waals surface area contributed by atoms with Crippen LogP contribution in [0.15, 0.2) is 35.8 Å². The van der Waals surface area contributed by atoms with Crippen LogP contribution in [0.2, 0.25) is 0 Å². The smallest absolute Gasteiger partial charge is 0.409 e. The summed E-state index contributed by atoms with van der Waals surface area (Å²) in [6.07, 6.45) is 0.623. The minimum absolute atomic E-state index is 0.522. The molecule has 0 aliphatic heterocycles. The lowest BCUT2D eigenvalue weighted by Crippen LogP contribution is -2.07. The van der Waals surface area contributed by atoms with E-state index in [0.29, 0.717) is 5.69 Å². The van der Waals surface area contributed by atoms with Crippen molar-refractivity contribution in [3.05, 3.63) is 35.8 Å². The van der Waals surface area contributed by atoms with E-state index in [4.69, 9.17) is 5.11 Å². The number of thiazole rings is 1. The van der Waals surface area contributed by atoms with E-state index in [-0.39, 0.29) is 0 Å². The quantitative estimate of drug-likeness (QED) is 0.764. The molecule has 3 N–H and O–H groups in total. The van der Waals surface area contributed by atoms with Crippen molar-refractivity contribution in [3.63, 3.8) is 0 Å². The number of aromatic nitrogens is 1. The average Bonchev–Trinajstić information content (AvgIpc) is 2.70. The summed E-state index contributed by atoms with van der Waals surface area (Å²) in [4.78, 5) is 14.5. The van der Waals surface area contributed by atoms with Gasteiger partial charge in [0.15, 0.2) is 5.13 Å². The van der Waals surface area contributed by atoms with Crippen LogP contribution in [0.1, 0.15) is 0 Å². The number of rotatable bonds is 3. The number of anilines is 3. The maximum atomic E-state index is 10.5. The highest BCUT2D eigenvalue weighted by Crippen LogP contribution is 2.21. The van der Waals surface area contributed by atoms with Crippen molar-refractivity contribution in [2.24, 2.45) is 0 Å². The molecular formula is C10H9N3O2S. The fraction of sp³-hybridized carbons (Fsp3) is 0. The maximum absolute atomic E-state index is 10.5. The Morgan fingerprint density at radius 1 is 1.38 bits per heavy atom. The number of carbonyl (C=O) groups is 1. The molecule has 0 radical (unpaired) electrons. The molecule has 1 amide bonds. The van der Waals surface area contributed by atoms with Crippen LogP contribution < -0.4 is 10.6 Å². The van der Waals surface area contributed by atoms with Gasteiger partial charge >= 0.3 is 6.09 Å². The molecule has 0 aliphatic rings. The van der Waals surface area contributed by atoms with Gasteiger partial charge in [-0.05, 0) is 18.2 Å². The molecule has 82 valence electrons. The molecule has 5 nitrogen and oxygen atoms in total. The molecule has 2 rings (SSSR count). The highest BCUT2D eigenvalue weighted by atomic mass is 32.1. The lowest BCUT2D eigenvalue weighted by atomic mass is 10.3. The maximum Gasteiger partial charge on any atom is 0.409 e. The standard InChI is InChI=1S/C10H9N3O2S/c14-10(15)13-8-3-1-2-7(6-8)12-9-11-4-5-16-9/h1-6,13H,(H,11,12)(H,14,15). The minimum Gasteiger partial charge on any atom is -0.465 e. The average molecular weight is 235 g/mol. The Hall–Kier alpha value is -2.08. The van der Waals surface area contributed by atoms with Gasteiger partial charge in [-0.1, -0.05) is 6.07 Å². The molecule has 1 aromatic heterocycles. The summed E-state index contributed by atoms with van der Waals surface area (Å²) in [6, 6.07) is 6.99. The van der Waals surface area contributed by atoms with E-state index in [1.165, 1.54) is 11.3 Å². The van der Waals surface area contributed by atoms with Crippen molar-refractivity contribution >= 4 is 33.9 Å². The number of hydrogen-bond donors (Lipinski definition) is 3. The number of nitrogens with zero attached hydrogens (tertiary/aromatic N) is 1. The summed E-state index contributed by atoms with van der Waals surface area (Å²) >= 11 is 1.48. The predicted molar refractivity (Wildman–Crippen MR) is 63.5 cm³/mol. The van der Waals surface area contributed by atoms with Crippen LogP contribution in [0.5, 0.6) is 0 Å². The Kier molecular flexibility index (Phi) is 3.02. The molecule has 0 fully saturated rings. The van der Waals surface area contributed by atoms with Crippen LogP contribution in [0.3, 0.4) is 0 Å². The second kappa shape index (κ2) is 4.63. The number of hydrogen-bond acceptors (Lipinski definition) is 4. The number of amides is 1. The fourth-order valence-corrected chi connectivity index (χ4v) is 1.76. The zero-order valence-electron chi connectivity index (χ0n) is 8.18. The number of nitrogens with one attached hydrogen (secondary N) is 2. The lowest BCUT2D eigenvalue weighted by Gasteiger charge is -2.05. The monoisotopic (exact) mass is 235 g/mol. The van der Waals surface area contributed by atoms with Crippen molar-refractivity contribution in [3.8, 4) is 0 Å². The molecular weight excluding hydrogens is 226 g/mol. The van der Waals surface area contributed by atoms with Gasteiger partial charge < -0.3 is 10.4 Å². The lowest BCUT2D eigenvalue weighted by molar-refractivity contribution is 0.210. The third kappa shape index (κ3) is 2.71. The van der Waals surface area contributed by atoms with Crippen LogP contribution in [-0.4, -0.2) is 16.2 Å². The summed E-state index contributed by atoms with van der Waals surface area (Å²) in [5.41, 5.74) is 1.32. The van der Waals surface area contributed by atoms with Gasteiger partial charge in [0.25, 0.3) is 0 Å². The van der Waals surface area contributed by atoms with Crippen molar-refractivity contribution in [1.82, 2.24) is 4.98 Å². The van der Waals surface area contributed by atoms with E-state index in [2.05, 4.69) is 15.6 Å². The summed E-state index contributed by atoms with van der Waals surface area (Å²) in [5.74, 6) is 0. The molecule has 0 saturated heterocycles. The molecule has 1 aromatic carbocycles. The van der Waals surface area contributed by atoms with Gasteiger partial charge in [0.1, 0.15) is 0 Å². The Morgan fingerprint density at radius 3 is 2.88 bits per heavy atom. The Bertz CT molecular complexity index is 485. The highest BCUT2D eigenvalue weighted by Gasteiger charge is 2.00. The molecule has 2 aromatic rings. The van der Waals surface area contributed by atoms with Crippen LogP contribution in [-0.2, 0) is 0 Å². The first-order chi connectivity index (χ1) is 7.74. The molecule has 0 aliphatic carbocycles. The summed E-state index contributed by atoms with van der Waals surface area (Å²) in [7, 11) is 0. The van der Waals surface area contributed by atoms with Gasteiger partial charge in [-0.3, -0.25) is 5.32 Å². The van der Waals surface area contributed by atoms with Gasteiger partial charge in [-0.15, -0.1) is 11.3 Å². The number of carboxylic acid groups (broad SMARTS) is 1. The second-order valence-corrected chi connectivity index (χ2v) is 3.87. The summed E-state index contributed by atoms with van der Waals surface area (Å²) < 4.78 is 0. The molecule has 1 heterocycles. The third-order valence-corrected chi connectivity index (χ3v) is 2.49. The largest absolute Gasteiger partial charge is 0.465 e. The minimum atomic E-state index is -1.08. The van der Waals surface area contributed by atoms with Crippen molar-refractivity contribution in [2.75, 3.05) is 10.6 Å². The van der Waals surface area contributed by atoms with E-state index < -0.39 is 6.09 Å². The van der Waals surface area contributed by atoms with Crippen LogP contribution in [0.4, 0.5) is 21.3 Å². The van der Waals surface area contributed by atoms with Crippen LogP contribution >= 0.6 is 11.3 Å². The topological polar surface area (TPSA) is 74.2 Å². The SMILES string of the molecule is O=C(O)Nc1cccc(Nc2nccs2)c1. The van der Waals surface area contributed by atoms with Gasteiger partial charge in [0.2, 0.25) is 0 Å². The first-order valence-electron chi connectivity index (χ1n) is 4.50. The van der Waals surface area contributed by atoms with Crippen molar-refractivity contribution in [1.29, 1.82) is 0 Å². The molecule has 0 saturated carbocycles. The Balaban J connectivity index is 2.13. The predicted octanol–water partition coefficient (Wildman–Crippen LogP) is 2.98. The molecule has 0 bridgehead atoms. The van der Waals surface area contributed by atoms with Gasteiger partial charge in [0, 0.05) is 23.0 Å². The summed E-state index contributed by atoms with van der Waals surface area (Å²) in [5, 5.41) is 16.6. The number of benzene rings is 1. The van der Waals surface area contributed by atoms with Crippen molar-refractivity contribution in [2.45, 2.75) is 0 Å². The highest BCUT2D eigenvalue weighted by molar-refractivity contribution is 7.13. The zero-order chi connectivity index (χ0) is 11.4. The van der Waals surface area contributed by atoms with E-state index in [0.717, 1.165) is 10.8 Å². The van der Waals surface area contributed by atoms with Crippen molar-refractivity contribution < 1.29 is 9.90 Å². The van der Waals surface area contributed by atoms with E-state index in [1.54, 1.807) is 24.4 Å². The Labute approximate surface area is 95.8 Å². The van der Waals surface area contributed by atoms with Gasteiger partial charge in [0.05, 0.1) is 0 Å². The zero-order valence-corrected chi connectivity index (χ0v) is 8.99. The van der Waals surface area contributed by atoms with Crippen LogP contribution in [0.25, 0.3) is 0 Å². The molecule has 0 unspecified atom stereocenters. The first-order valence-corrected chi connectivity index (χ1v) is 5.38. The normalized spacial score (nSPS) is 9.75. The van der Waals surface area contributed by atoms with Gasteiger partial charge in [-0.25, -0.2) is 9.78 Å². The van der Waals surface area contributed by atoms with E-state index >= 15 is 0 Å². The van der Waals surface area contributed by atoms with E-state index in [1.807, 2.05) is 11.4 Å². The molecule has 0 spiro atoms. The fourth-order valence-electron chi connectivity index (χ4n) is 1.21. The molecule has 6 heteroatoms. The van der Waals surface area contributed by atoms with Crippen LogP contribution in [0, 0.1) is 0 Å². The third-order valence-electron chi connectivity index (χ3n) is 1.80. The summed E-state index contributed by atoms with van der Waals surface area (Å²) in [6.45, 7) is 0. The van der Waals surface area contributed by atoms with Gasteiger partial charge in [-0.2, -0.15) is 0 Å². The Morgan fingerprint density at radius 2 is 2.19 bits per heavy atom.